The van der Waals surface area contributed by atoms with Gasteiger partial charge in [-0.15, -0.1) is 0 Å². The van der Waals surface area contributed by atoms with Crippen molar-refractivity contribution in [3.63, 3.8) is 0 Å². The van der Waals surface area contributed by atoms with Crippen molar-refractivity contribution in [1.82, 2.24) is 0 Å². The van der Waals surface area contributed by atoms with Gasteiger partial charge in [-0.05, 0) is 38.1 Å². The summed E-state index contributed by atoms with van der Waals surface area (Å²) in [6.45, 7) is 6.11. The largest absolute Gasteiger partial charge is 0.394 e. The Balaban J connectivity index is 1.94. The molecule has 3 atom stereocenters. The van der Waals surface area contributed by atoms with Gasteiger partial charge < -0.3 is 25.2 Å². The van der Waals surface area contributed by atoms with Crippen molar-refractivity contribution in [2.45, 2.75) is 32.2 Å². The van der Waals surface area contributed by atoms with Crippen molar-refractivity contribution < 1.29 is 14.9 Å². The molecule has 0 radical (unpaired) electrons. The third-order valence-electron chi connectivity index (χ3n) is 3.40. The first kappa shape index (κ1) is 15.1. The first-order valence-electron chi connectivity index (χ1n) is 7.11. The Kier molecular flexibility index (Phi) is 5.23. The molecule has 0 bridgehead atoms. The molecule has 1 heterocycles. The SMILES string of the molecule is CC1CN(c2ccc(NCC(O)CO)cc2)CC(C)O1. The Hall–Kier alpha value is -1.30. The van der Waals surface area contributed by atoms with Gasteiger partial charge in [0.25, 0.3) is 0 Å². The highest BCUT2D eigenvalue weighted by Crippen LogP contribution is 2.22. The van der Waals surface area contributed by atoms with E-state index in [0.717, 1.165) is 18.8 Å². The van der Waals surface area contributed by atoms with Crippen LogP contribution in [0, 0.1) is 0 Å². The van der Waals surface area contributed by atoms with Crippen LogP contribution in [0.5, 0.6) is 0 Å². The summed E-state index contributed by atoms with van der Waals surface area (Å²) in [5, 5.41) is 21.2. The molecule has 5 heteroatoms. The number of aliphatic hydroxyl groups excluding tert-OH is 2. The molecule has 1 fully saturated rings. The highest BCUT2D eigenvalue weighted by atomic mass is 16.5. The van der Waals surface area contributed by atoms with Crippen LogP contribution in [-0.2, 0) is 4.74 Å². The number of benzene rings is 1. The molecule has 0 aliphatic carbocycles. The van der Waals surface area contributed by atoms with Crippen LogP contribution in [0.1, 0.15) is 13.8 Å². The predicted octanol–water partition coefficient (Wildman–Crippen LogP) is 1.07. The van der Waals surface area contributed by atoms with Gasteiger partial charge in [-0.2, -0.15) is 0 Å². The molecule has 1 saturated heterocycles. The first-order valence-corrected chi connectivity index (χ1v) is 7.11. The highest BCUT2D eigenvalue weighted by molar-refractivity contribution is 5.55. The molecule has 1 aliphatic rings. The minimum Gasteiger partial charge on any atom is -0.394 e. The third kappa shape index (κ3) is 4.10. The minimum atomic E-state index is -0.726. The molecule has 0 amide bonds. The van der Waals surface area contributed by atoms with Gasteiger partial charge in [-0.1, -0.05) is 0 Å². The van der Waals surface area contributed by atoms with E-state index in [1.807, 2.05) is 12.1 Å². The predicted molar refractivity (Wildman–Crippen MR) is 80.2 cm³/mol. The van der Waals surface area contributed by atoms with Crippen LogP contribution in [0.15, 0.2) is 24.3 Å². The molecule has 20 heavy (non-hydrogen) atoms. The van der Waals surface area contributed by atoms with Crippen molar-refractivity contribution in [3.8, 4) is 0 Å². The molecular weight excluding hydrogens is 256 g/mol. The maximum absolute atomic E-state index is 9.30. The Morgan fingerprint density at radius 1 is 1.25 bits per heavy atom. The fourth-order valence-corrected chi connectivity index (χ4v) is 2.48. The monoisotopic (exact) mass is 280 g/mol. The first-order chi connectivity index (χ1) is 9.58. The zero-order chi connectivity index (χ0) is 14.5. The molecule has 1 aliphatic heterocycles. The van der Waals surface area contributed by atoms with E-state index in [1.165, 1.54) is 5.69 Å². The lowest BCUT2D eigenvalue weighted by Crippen LogP contribution is -2.45. The van der Waals surface area contributed by atoms with Crippen molar-refractivity contribution in [2.75, 3.05) is 36.5 Å². The van der Waals surface area contributed by atoms with E-state index in [9.17, 15) is 5.11 Å². The Morgan fingerprint density at radius 2 is 1.85 bits per heavy atom. The number of aliphatic hydroxyl groups is 2. The Labute approximate surface area is 120 Å². The van der Waals surface area contributed by atoms with Crippen molar-refractivity contribution in [1.29, 1.82) is 0 Å². The molecule has 1 aromatic carbocycles. The lowest BCUT2D eigenvalue weighted by Gasteiger charge is -2.36. The van der Waals surface area contributed by atoms with E-state index >= 15 is 0 Å². The fourth-order valence-electron chi connectivity index (χ4n) is 2.48. The number of rotatable bonds is 5. The number of hydrogen-bond donors (Lipinski definition) is 3. The van der Waals surface area contributed by atoms with Crippen LogP contribution in [0.3, 0.4) is 0 Å². The average Bonchev–Trinajstić information content (AvgIpc) is 2.44. The standard InChI is InChI=1S/C15H24N2O3/c1-11-8-17(9-12(2)20-11)14-5-3-13(4-6-14)16-7-15(19)10-18/h3-6,11-12,15-16,18-19H,7-10H2,1-2H3. The van der Waals surface area contributed by atoms with E-state index < -0.39 is 6.10 Å². The number of anilines is 2. The van der Waals surface area contributed by atoms with Crippen LogP contribution in [0.4, 0.5) is 11.4 Å². The number of nitrogens with one attached hydrogen (secondary N) is 1. The van der Waals surface area contributed by atoms with Crippen molar-refractivity contribution in [3.05, 3.63) is 24.3 Å². The molecule has 3 N–H and O–H groups in total. The van der Waals surface area contributed by atoms with Gasteiger partial charge in [0.15, 0.2) is 0 Å². The normalized spacial score (nSPS) is 24.5. The second kappa shape index (κ2) is 6.92. The van der Waals surface area contributed by atoms with Crippen LogP contribution >= 0.6 is 0 Å². The molecule has 112 valence electrons. The summed E-state index contributed by atoms with van der Waals surface area (Å²) in [4.78, 5) is 2.32. The summed E-state index contributed by atoms with van der Waals surface area (Å²) in [5.74, 6) is 0. The molecule has 3 unspecified atom stereocenters. The van der Waals surface area contributed by atoms with Crippen molar-refractivity contribution >= 4 is 11.4 Å². The molecule has 0 saturated carbocycles. The topological polar surface area (TPSA) is 65.0 Å². The third-order valence-corrected chi connectivity index (χ3v) is 3.40. The van der Waals surface area contributed by atoms with Gasteiger partial charge in [0.2, 0.25) is 0 Å². The molecular formula is C15H24N2O3. The van der Waals surface area contributed by atoms with Gasteiger partial charge >= 0.3 is 0 Å². The average molecular weight is 280 g/mol. The van der Waals surface area contributed by atoms with Crippen LogP contribution in [-0.4, -0.2) is 54.8 Å². The summed E-state index contributed by atoms with van der Waals surface area (Å²) in [6, 6.07) is 8.12. The van der Waals surface area contributed by atoms with Gasteiger partial charge in [0, 0.05) is 31.0 Å². The van der Waals surface area contributed by atoms with E-state index in [0.29, 0.717) is 6.54 Å². The Morgan fingerprint density at radius 3 is 2.40 bits per heavy atom. The molecule has 0 aromatic heterocycles. The van der Waals surface area contributed by atoms with Crippen LogP contribution < -0.4 is 10.2 Å². The van der Waals surface area contributed by atoms with Gasteiger partial charge in [0.1, 0.15) is 0 Å². The van der Waals surface area contributed by atoms with E-state index in [2.05, 4.69) is 36.2 Å². The second-order valence-corrected chi connectivity index (χ2v) is 5.43. The molecule has 0 spiro atoms. The maximum Gasteiger partial charge on any atom is 0.0942 e. The van der Waals surface area contributed by atoms with Crippen LogP contribution in [0.25, 0.3) is 0 Å². The zero-order valence-electron chi connectivity index (χ0n) is 12.1. The maximum atomic E-state index is 9.30. The molecule has 2 rings (SSSR count). The van der Waals surface area contributed by atoms with Crippen molar-refractivity contribution in [2.24, 2.45) is 0 Å². The summed E-state index contributed by atoms with van der Waals surface area (Å²) >= 11 is 0. The smallest absolute Gasteiger partial charge is 0.0942 e. The highest BCUT2D eigenvalue weighted by Gasteiger charge is 2.22. The Bertz CT molecular complexity index is 400. The number of hydrogen-bond acceptors (Lipinski definition) is 5. The fraction of sp³-hybridized carbons (Fsp3) is 0.600. The van der Waals surface area contributed by atoms with E-state index in [-0.39, 0.29) is 18.8 Å². The van der Waals surface area contributed by atoms with Gasteiger partial charge in [0.05, 0.1) is 24.9 Å². The van der Waals surface area contributed by atoms with E-state index in [4.69, 9.17) is 9.84 Å². The lowest BCUT2D eigenvalue weighted by molar-refractivity contribution is -0.00521. The lowest BCUT2D eigenvalue weighted by atomic mass is 10.2. The van der Waals surface area contributed by atoms with Gasteiger partial charge in [-0.25, -0.2) is 0 Å². The number of morpholine rings is 1. The summed E-state index contributed by atoms with van der Waals surface area (Å²) in [7, 11) is 0. The minimum absolute atomic E-state index is 0.228. The summed E-state index contributed by atoms with van der Waals surface area (Å²) in [5.41, 5.74) is 2.12. The van der Waals surface area contributed by atoms with Gasteiger partial charge in [-0.3, -0.25) is 0 Å². The van der Waals surface area contributed by atoms with Crippen LogP contribution in [0.2, 0.25) is 0 Å². The zero-order valence-corrected chi connectivity index (χ0v) is 12.1. The molecule has 5 nitrogen and oxygen atoms in total. The number of nitrogens with zero attached hydrogens (tertiary/aromatic N) is 1. The summed E-state index contributed by atoms with van der Waals surface area (Å²) < 4.78 is 5.73. The quantitative estimate of drug-likeness (QED) is 0.753. The number of ether oxygens (including phenoxy) is 1. The second-order valence-electron chi connectivity index (χ2n) is 5.43. The molecule has 1 aromatic rings. The van der Waals surface area contributed by atoms with E-state index in [1.54, 1.807) is 0 Å². The summed E-state index contributed by atoms with van der Waals surface area (Å²) in [6.07, 6.45) is -0.233.